The summed E-state index contributed by atoms with van der Waals surface area (Å²) in [6.45, 7) is 6.38. The number of aromatic nitrogens is 1. The molecule has 0 saturated carbocycles. The molecule has 0 aliphatic rings. The van der Waals surface area contributed by atoms with Crippen molar-refractivity contribution < 1.29 is 0 Å². The normalized spacial score (nSPS) is 10.6. The van der Waals surface area contributed by atoms with Gasteiger partial charge in [0.05, 0.1) is 5.56 Å². The van der Waals surface area contributed by atoms with E-state index in [4.69, 9.17) is 5.73 Å². The quantitative estimate of drug-likeness (QED) is 0.893. The third-order valence-electron chi connectivity index (χ3n) is 2.93. The van der Waals surface area contributed by atoms with E-state index >= 15 is 0 Å². The Morgan fingerprint density at radius 2 is 1.94 bits per heavy atom. The minimum absolute atomic E-state index is 0.635. The highest BCUT2D eigenvalue weighted by Crippen LogP contribution is 2.39. The number of anilines is 2. The molecule has 96 valence electrons. The van der Waals surface area contributed by atoms with Crippen LogP contribution < -0.4 is 10.6 Å². The maximum absolute atomic E-state index is 6.03. The van der Waals surface area contributed by atoms with Gasteiger partial charge >= 0.3 is 0 Å². The minimum atomic E-state index is 0.635. The molecule has 0 aliphatic carbocycles. The lowest BCUT2D eigenvalue weighted by molar-refractivity contribution is 0.799. The SMILES string of the molecule is CCCN(CC)c1snc(N)c1-c1ccccc1. The molecule has 18 heavy (non-hydrogen) atoms. The van der Waals surface area contributed by atoms with E-state index in [-0.39, 0.29) is 0 Å². The first kappa shape index (κ1) is 12.9. The van der Waals surface area contributed by atoms with Crippen LogP contribution in [0, 0.1) is 0 Å². The van der Waals surface area contributed by atoms with Gasteiger partial charge in [0.2, 0.25) is 0 Å². The van der Waals surface area contributed by atoms with Crippen molar-refractivity contribution in [3.8, 4) is 11.1 Å². The van der Waals surface area contributed by atoms with Crippen molar-refractivity contribution in [3.63, 3.8) is 0 Å². The topological polar surface area (TPSA) is 42.2 Å². The smallest absolute Gasteiger partial charge is 0.147 e. The van der Waals surface area contributed by atoms with E-state index in [2.05, 4.69) is 35.3 Å². The lowest BCUT2D eigenvalue weighted by Crippen LogP contribution is -2.22. The van der Waals surface area contributed by atoms with Crippen LogP contribution in [-0.4, -0.2) is 17.5 Å². The van der Waals surface area contributed by atoms with Crippen molar-refractivity contribution in [1.82, 2.24) is 4.37 Å². The maximum Gasteiger partial charge on any atom is 0.147 e. The zero-order chi connectivity index (χ0) is 13.0. The Bertz CT molecular complexity index is 493. The number of rotatable bonds is 5. The van der Waals surface area contributed by atoms with Gasteiger partial charge in [0, 0.05) is 13.1 Å². The Hall–Kier alpha value is -1.55. The van der Waals surface area contributed by atoms with Crippen LogP contribution in [0.1, 0.15) is 20.3 Å². The first-order valence-corrected chi connectivity index (χ1v) is 7.10. The lowest BCUT2D eigenvalue weighted by atomic mass is 10.1. The molecule has 2 rings (SSSR count). The second-order valence-corrected chi connectivity index (χ2v) is 4.95. The zero-order valence-electron chi connectivity index (χ0n) is 10.9. The fourth-order valence-electron chi connectivity index (χ4n) is 2.06. The Balaban J connectivity index is 2.44. The predicted molar refractivity (Wildman–Crippen MR) is 80.1 cm³/mol. The van der Waals surface area contributed by atoms with E-state index in [1.54, 1.807) is 0 Å². The highest BCUT2D eigenvalue weighted by atomic mass is 32.1. The van der Waals surface area contributed by atoms with Crippen LogP contribution in [0.15, 0.2) is 30.3 Å². The molecule has 0 saturated heterocycles. The molecule has 0 spiro atoms. The minimum Gasteiger partial charge on any atom is -0.382 e. The molecule has 0 fully saturated rings. The molecule has 0 radical (unpaired) electrons. The summed E-state index contributed by atoms with van der Waals surface area (Å²) < 4.78 is 4.32. The molecule has 1 heterocycles. The zero-order valence-corrected chi connectivity index (χ0v) is 11.7. The molecule has 1 aromatic heterocycles. The maximum atomic E-state index is 6.03. The summed E-state index contributed by atoms with van der Waals surface area (Å²) in [6.07, 6.45) is 1.12. The third kappa shape index (κ3) is 2.48. The van der Waals surface area contributed by atoms with Gasteiger partial charge in [-0.05, 0) is 30.4 Å². The number of nitrogens with zero attached hydrogens (tertiary/aromatic N) is 2. The van der Waals surface area contributed by atoms with Crippen LogP contribution in [0.4, 0.5) is 10.8 Å². The fraction of sp³-hybridized carbons (Fsp3) is 0.357. The molecule has 0 amide bonds. The molecular formula is C14H19N3S. The summed E-state index contributed by atoms with van der Waals surface area (Å²) in [6, 6.07) is 10.3. The Kier molecular flexibility index (Phi) is 4.20. The molecule has 0 bridgehead atoms. The highest BCUT2D eigenvalue weighted by molar-refractivity contribution is 7.11. The summed E-state index contributed by atoms with van der Waals surface area (Å²) >= 11 is 1.49. The van der Waals surface area contributed by atoms with Crippen LogP contribution in [0.25, 0.3) is 11.1 Å². The molecule has 2 N–H and O–H groups in total. The molecule has 1 aromatic carbocycles. The monoisotopic (exact) mass is 261 g/mol. The van der Waals surface area contributed by atoms with Gasteiger partial charge in [-0.3, -0.25) is 0 Å². The van der Waals surface area contributed by atoms with E-state index in [1.165, 1.54) is 16.5 Å². The largest absolute Gasteiger partial charge is 0.382 e. The number of nitrogen functional groups attached to an aromatic ring is 1. The van der Waals surface area contributed by atoms with Gasteiger partial charge in [-0.1, -0.05) is 37.3 Å². The summed E-state index contributed by atoms with van der Waals surface area (Å²) in [5.74, 6) is 0.635. The van der Waals surface area contributed by atoms with E-state index in [1.807, 2.05) is 18.2 Å². The Morgan fingerprint density at radius 3 is 2.56 bits per heavy atom. The number of nitrogens with two attached hydrogens (primary N) is 1. The van der Waals surface area contributed by atoms with Gasteiger partial charge in [0.25, 0.3) is 0 Å². The molecule has 4 heteroatoms. The molecule has 2 aromatic rings. The second-order valence-electron chi connectivity index (χ2n) is 4.19. The van der Waals surface area contributed by atoms with Gasteiger partial charge in [-0.2, -0.15) is 4.37 Å². The van der Waals surface area contributed by atoms with Crippen LogP contribution in [0.5, 0.6) is 0 Å². The summed E-state index contributed by atoms with van der Waals surface area (Å²) in [4.78, 5) is 2.34. The summed E-state index contributed by atoms with van der Waals surface area (Å²) in [5.41, 5.74) is 8.26. The van der Waals surface area contributed by atoms with Crippen LogP contribution in [-0.2, 0) is 0 Å². The average Bonchev–Trinajstić information content (AvgIpc) is 2.79. The number of benzene rings is 1. The van der Waals surface area contributed by atoms with Crippen LogP contribution >= 0.6 is 11.5 Å². The van der Waals surface area contributed by atoms with E-state index < -0.39 is 0 Å². The van der Waals surface area contributed by atoms with E-state index in [0.717, 1.165) is 30.6 Å². The van der Waals surface area contributed by atoms with Gasteiger partial charge in [-0.15, -0.1) is 0 Å². The molecular weight excluding hydrogens is 242 g/mol. The highest BCUT2D eigenvalue weighted by Gasteiger charge is 2.17. The third-order valence-corrected chi connectivity index (χ3v) is 3.85. The van der Waals surface area contributed by atoms with Crippen molar-refractivity contribution in [2.24, 2.45) is 0 Å². The van der Waals surface area contributed by atoms with Crippen molar-refractivity contribution in [3.05, 3.63) is 30.3 Å². The number of hydrogen-bond donors (Lipinski definition) is 1. The Labute approximate surface area is 112 Å². The standard InChI is InChI=1S/C14H19N3S/c1-3-10-17(4-2)14-12(13(15)16-18-14)11-8-6-5-7-9-11/h5-9H,3-4,10H2,1-2H3,(H2,15,16). The van der Waals surface area contributed by atoms with E-state index in [0.29, 0.717) is 5.82 Å². The average molecular weight is 261 g/mol. The van der Waals surface area contributed by atoms with E-state index in [9.17, 15) is 0 Å². The Morgan fingerprint density at radius 1 is 1.22 bits per heavy atom. The molecule has 3 nitrogen and oxygen atoms in total. The fourth-order valence-corrected chi connectivity index (χ4v) is 2.98. The molecule has 0 unspecified atom stereocenters. The lowest BCUT2D eigenvalue weighted by Gasteiger charge is -2.21. The molecule has 0 aliphatic heterocycles. The van der Waals surface area contributed by atoms with Gasteiger partial charge in [0.1, 0.15) is 10.8 Å². The first-order valence-electron chi connectivity index (χ1n) is 6.33. The van der Waals surface area contributed by atoms with Crippen molar-refractivity contribution in [2.75, 3.05) is 23.7 Å². The predicted octanol–water partition coefficient (Wildman–Crippen LogP) is 3.63. The van der Waals surface area contributed by atoms with Gasteiger partial charge in [-0.25, -0.2) is 0 Å². The number of hydrogen-bond acceptors (Lipinski definition) is 4. The van der Waals surface area contributed by atoms with Gasteiger partial charge < -0.3 is 10.6 Å². The van der Waals surface area contributed by atoms with Gasteiger partial charge in [0.15, 0.2) is 0 Å². The summed E-state index contributed by atoms with van der Waals surface area (Å²) in [7, 11) is 0. The van der Waals surface area contributed by atoms with Crippen molar-refractivity contribution in [1.29, 1.82) is 0 Å². The molecule has 0 atom stereocenters. The van der Waals surface area contributed by atoms with Crippen LogP contribution in [0.3, 0.4) is 0 Å². The summed E-state index contributed by atoms with van der Waals surface area (Å²) in [5, 5.41) is 1.18. The van der Waals surface area contributed by atoms with Crippen molar-refractivity contribution in [2.45, 2.75) is 20.3 Å². The van der Waals surface area contributed by atoms with Crippen molar-refractivity contribution >= 4 is 22.4 Å². The van der Waals surface area contributed by atoms with Crippen LogP contribution in [0.2, 0.25) is 0 Å². The first-order chi connectivity index (χ1) is 8.77. The second kappa shape index (κ2) is 5.87.